The summed E-state index contributed by atoms with van der Waals surface area (Å²) in [5, 5.41) is 12.5. The molecule has 0 unspecified atom stereocenters. The first-order valence-electron chi connectivity index (χ1n) is 8.39. The lowest BCUT2D eigenvalue weighted by Gasteiger charge is -2.09. The number of carbonyl (C=O) groups is 1. The largest absolute Gasteiger partial charge is 0.482 e. The summed E-state index contributed by atoms with van der Waals surface area (Å²) in [5.74, 6) is 0.0725. The molecule has 0 aliphatic heterocycles. The fourth-order valence-corrected chi connectivity index (χ4v) is 3.06. The monoisotopic (exact) mass is 412 g/mol. The second-order valence-electron chi connectivity index (χ2n) is 5.94. The number of anilines is 1. The summed E-state index contributed by atoms with van der Waals surface area (Å²) < 4.78 is 5.44. The van der Waals surface area contributed by atoms with Crippen LogP contribution in [0, 0.1) is 0 Å². The Labute approximate surface area is 170 Å². The number of halogens is 2. The second kappa shape index (κ2) is 7.88. The number of hydrogen-bond acceptors (Lipinski definition) is 4. The van der Waals surface area contributed by atoms with Crippen LogP contribution in [-0.2, 0) is 4.79 Å². The third-order valence-electron chi connectivity index (χ3n) is 3.90. The van der Waals surface area contributed by atoms with Crippen LogP contribution in [-0.4, -0.2) is 27.5 Å². The van der Waals surface area contributed by atoms with E-state index >= 15 is 0 Å². The third-order valence-corrected chi connectivity index (χ3v) is 4.43. The van der Waals surface area contributed by atoms with Crippen LogP contribution >= 0.6 is 23.2 Å². The van der Waals surface area contributed by atoms with E-state index in [1.165, 1.54) is 0 Å². The van der Waals surface area contributed by atoms with Crippen LogP contribution < -0.4 is 10.1 Å². The Morgan fingerprint density at radius 1 is 0.964 bits per heavy atom. The van der Waals surface area contributed by atoms with Gasteiger partial charge in [0.05, 0.1) is 10.7 Å². The van der Waals surface area contributed by atoms with E-state index in [1.54, 1.807) is 41.2 Å². The topological polar surface area (TPSA) is 69.0 Å². The summed E-state index contributed by atoms with van der Waals surface area (Å²) in [6.45, 7) is -0.184. The molecule has 0 radical (unpaired) electrons. The van der Waals surface area contributed by atoms with E-state index in [9.17, 15) is 4.79 Å². The van der Waals surface area contributed by atoms with Crippen LogP contribution in [0.5, 0.6) is 5.75 Å². The van der Waals surface area contributed by atoms with E-state index in [0.29, 0.717) is 27.0 Å². The lowest BCUT2D eigenvalue weighted by atomic mass is 10.3. The van der Waals surface area contributed by atoms with Crippen molar-refractivity contribution >= 4 is 45.8 Å². The van der Waals surface area contributed by atoms with Gasteiger partial charge in [-0.05, 0) is 48.5 Å². The summed E-state index contributed by atoms with van der Waals surface area (Å²) in [6.07, 6.45) is 0. The van der Waals surface area contributed by atoms with Gasteiger partial charge in [0, 0.05) is 10.7 Å². The van der Waals surface area contributed by atoms with Crippen LogP contribution in [0.1, 0.15) is 0 Å². The predicted molar refractivity (Wildman–Crippen MR) is 109 cm³/mol. The van der Waals surface area contributed by atoms with Gasteiger partial charge in [-0.25, -0.2) is 0 Å². The Hall–Kier alpha value is -3.09. The molecule has 0 fully saturated rings. The summed E-state index contributed by atoms with van der Waals surface area (Å²) in [5.41, 5.74) is 2.86. The quantitative estimate of drug-likeness (QED) is 0.513. The predicted octanol–water partition coefficient (Wildman–Crippen LogP) is 4.74. The van der Waals surface area contributed by atoms with Crippen molar-refractivity contribution in [2.45, 2.75) is 0 Å². The zero-order valence-electron chi connectivity index (χ0n) is 14.5. The lowest BCUT2D eigenvalue weighted by molar-refractivity contribution is -0.118. The molecular weight excluding hydrogens is 399 g/mol. The summed E-state index contributed by atoms with van der Waals surface area (Å²) in [4.78, 5) is 13.7. The zero-order valence-corrected chi connectivity index (χ0v) is 16.0. The highest BCUT2D eigenvalue weighted by Gasteiger charge is 2.09. The molecule has 1 aromatic heterocycles. The Morgan fingerprint density at radius 2 is 1.75 bits per heavy atom. The van der Waals surface area contributed by atoms with Gasteiger partial charge in [-0.1, -0.05) is 41.4 Å². The average Bonchev–Trinajstić information content (AvgIpc) is 3.11. The first-order chi connectivity index (χ1) is 13.6. The second-order valence-corrected chi connectivity index (χ2v) is 6.78. The minimum atomic E-state index is -0.319. The minimum absolute atomic E-state index is 0.184. The molecule has 4 rings (SSSR count). The highest BCUT2D eigenvalue weighted by atomic mass is 35.5. The number of nitrogens with one attached hydrogen (secondary N) is 1. The Morgan fingerprint density at radius 3 is 2.54 bits per heavy atom. The molecule has 4 aromatic rings. The van der Waals surface area contributed by atoms with Gasteiger partial charge in [0.1, 0.15) is 16.8 Å². The van der Waals surface area contributed by atoms with E-state index < -0.39 is 0 Å². The fourth-order valence-electron chi connectivity index (χ4n) is 2.60. The maximum atomic E-state index is 12.2. The molecule has 1 amide bonds. The number of para-hydroxylation sites is 1. The van der Waals surface area contributed by atoms with Gasteiger partial charge >= 0.3 is 0 Å². The van der Waals surface area contributed by atoms with Crippen LogP contribution in [0.3, 0.4) is 0 Å². The first-order valence-corrected chi connectivity index (χ1v) is 9.14. The molecule has 0 atom stereocenters. The van der Waals surface area contributed by atoms with Gasteiger partial charge in [-0.15, -0.1) is 10.2 Å². The summed E-state index contributed by atoms with van der Waals surface area (Å²) in [6, 6.07) is 19.7. The molecule has 1 heterocycles. The average molecular weight is 413 g/mol. The highest BCUT2D eigenvalue weighted by Crippen LogP contribution is 2.27. The van der Waals surface area contributed by atoms with E-state index in [0.717, 1.165) is 11.2 Å². The molecule has 28 heavy (non-hydrogen) atoms. The van der Waals surface area contributed by atoms with Crippen molar-refractivity contribution in [2.75, 3.05) is 11.9 Å². The summed E-state index contributed by atoms with van der Waals surface area (Å²) >= 11 is 11.9. The molecule has 0 spiro atoms. The fraction of sp³-hybridized carbons (Fsp3) is 0.0500. The molecule has 8 heteroatoms. The number of hydrogen-bond donors (Lipinski definition) is 1. The van der Waals surface area contributed by atoms with E-state index in [2.05, 4.69) is 15.5 Å². The van der Waals surface area contributed by atoms with Crippen molar-refractivity contribution in [3.8, 4) is 11.4 Å². The lowest BCUT2D eigenvalue weighted by Crippen LogP contribution is -2.20. The molecule has 6 nitrogen and oxygen atoms in total. The molecule has 0 saturated carbocycles. The number of amides is 1. The maximum Gasteiger partial charge on any atom is 0.262 e. The molecule has 1 N–H and O–H groups in total. The molecule has 0 saturated heterocycles. The molecule has 3 aromatic carbocycles. The number of nitrogens with zero attached hydrogens (tertiary/aromatic N) is 3. The standard InChI is InChI=1S/C20H14Cl2N4O2/c21-13-6-9-19(16(22)10-13)28-12-20(27)23-14-7-8-17-18(11-14)25-26(24-17)15-4-2-1-3-5-15/h1-11H,12H2,(H,23,27). The third kappa shape index (κ3) is 4.08. The van der Waals surface area contributed by atoms with Crippen molar-refractivity contribution < 1.29 is 9.53 Å². The van der Waals surface area contributed by atoms with Crippen molar-refractivity contribution in [3.63, 3.8) is 0 Å². The molecule has 0 bridgehead atoms. The van der Waals surface area contributed by atoms with Gasteiger partial charge in [0.15, 0.2) is 6.61 Å². The SMILES string of the molecule is O=C(COc1ccc(Cl)cc1Cl)Nc1ccc2nn(-c3ccccc3)nc2c1. The number of benzene rings is 3. The van der Waals surface area contributed by atoms with E-state index in [1.807, 2.05) is 30.3 Å². The first kappa shape index (κ1) is 18.3. The van der Waals surface area contributed by atoms with Crippen molar-refractivity contribution in [1.82, 2.24) is 15.0 Å². The Kier molecular flexibility index (Phi) is 5.14. The van der Waals surface area contributed by atoms with Gasteiger partial charge in [0.2, 0.25) is 0 Å². The smallest absolute Gasteiger partial charge is 0.262 e. The van der Waals surface area contributed by atoms with Crippen molar-refractivity contribution in [2.24, 2.45) is 0 Å². The number of fused-ring (bicyclic) bond motifs is 1. The number of aromatic nitrogens is 3. The molecular formula is C20H14Cl2N4O2. The van der Waals surface area contributed by atoms with Crippen LogP contribution in [0.15, 0.2) is 66.7 Å². The normalized spacial score (nSPS) is 10.8. The summed E-state index contributed by atoms with van der Waals surface area (Å²) in [7, 11) is 0. The molecule has 140 valence electrons. The van der Waals surface area contributed by atoms with Gasteiger partial charge in [-0.3, -0.25) is 4.79 Å². The van der Waals surface area contributed by atoms with Gasteiger partial charge < -0.3 is 10.1 Å². The van der Waals surface area contributed by atoms with Crippen LogP contribution in [0.4, 0.5) is 5.69 Å². The maximum absolute atomic E-state index is 12.2. The zero-order chi connectivity index (χ0) is 19.5. The van der Waals surface area contributed by atoms with Crippen LogP contribution in [0.25, 0.3) is 16.7 Å². The minimum Gasteiger partial charge on any atom is -0.482 e. The molecule has 0 aliphatic rings. The Bertz CT molecular complexity index is 1150. The number of ether oxygens (including phenoxy) is 1. The van der Waals surface area contributed by atoms with Gasteiger partial charge in [0.25, 0.3) is 5.91 Å². The van der Waals surface area contributed by atoms with E-state index in [-0.39, 0.29) is 12.5 Å². The molecule has 0 aliphatic carbocycles. The van der Waals surface area contributed by atoms with Crippen LogP contribution in [0.2, 0.25) is 10.0 Å². The van der Waals surface area contributed by atoms with Crippen molar-refractivity contribution in [1.29, 1.82) is 0 Å². The van der Waals surface area contributed by atoms with Crippen molar-refractivity contribution in [3.05, 3.63) is 76.8 Å². The highest BCUT2D eigenvalue weighted by molar-refractivity contribution is 6.35. The number of rotatable bonds is 5. The Balaban J connectivity index is 1.44. The van der Waals surface area contributed by atoms with Gasteiger partial charge in [-0.2, -0.15) is 4.80 Å². The number of carbonyl (C=O) groups excluding carboxylic acids is 1. The van der Waals surface area contributed by atoms with E-state index in [4.69, 9.17) is 27.9 Å².